The van der Waals surface area contributed by atoms with E-state index in [0.717, 1.165) is 26.7 Å². The van der Waals surface area contributed by atoms with Crippen LogP contribution in [0.4, 0.5) is 0 Å². The summed E-state index contributed by atoms with van der Waals surface area (Å²) >= 11 is 3.50. The summed E-state index contributed by atoms with van der Waals surface area (Å²) < 4.78 is 11.4. The van der Waals surface area contributed by atoms with Gasteiger partial charge in [-0.15, -0.1) is 0 Å². The Morgan fingerprint density at radius 2 is 2.04 bits per heavy atom. The van der Waals surface area contributed by atoms with Crippen LogP contribution in [-0.4, -0.2) is 12.2 Å². The quantitative estimate of drug-likeness (QED) is 0.600. The number of benzene rings is 2. The first-order valence-electron chi connectivity index (χ1n) is 8.23. The normalized spacial score (nSPS) is 12.3. The molecule has 0 saturated carbocycles. The summed E-state index contributed by atoms with van der Waals surface area (Å²) in [6, 6.07) is 10.9. The summed E-state index contributed by atoms with van der Waals surface area (Å²) in [5.41, 5.74) is 2.49. The minimum atomic E-state index is -0.428. The topological polar surface area (TPSA) is 71.7 Å². The molecule has 0 bridgehead atoms. The minimum absolute atomic E-state index is 0.0673. The first kappa shape index (κ1) is 18.5. The third-order valence-corrected chi connectivity index (χ3v) is 5.11. The fourth-order valence-corrected chi connectivity index (χ4v) is 3.45. The number of hydrogen-bond donors (Lipinski definition) is 2. The Morgan fingerprint density at radius 1 is 1.27 bits per heavy atom. The van der Waals surface area contributed by atoms with Gasteiger partial charge in [0, 0.05) is 29.6 Å². The SMILES string of the molecule is COc1ccc([C@@H](C)NCc2cc(=O)oc3c(C)c(O)ccc23)cc1Br. The molecule has 5 nitrogen and oxygen atoms in total. The zero-order valence-corrected chi connectivity index (χ0v) is 16.4. The average molecular weight is 418 g/mol. The minimum Gasteiger partial charge on any atom is -0.508 e. The number of rotatable bonds is 5. The summed E-state index contributed by atoms with van der Waals surface area (Å²) in [6.45, 7) is 4.28. The second kappa shape index (κ2) is 7.51. The van der Waals surface area contributed by atoms with E-state index in [1.54, 1.807) is 26.2 Å². The van der Waals surface area contributed by atoms with E-state index in [2.05, 4.69) is 28.2 Å². The van der Waals surface area contributed by atoms with Crippen LogP contribution >= 0.6 is 15.9 Å². The van der Waals surface area contributed by atoms with Crippen molar-refractivity contribution < 1.29 is 14.3 Å². The molecule has 0 unspecified atom stereocenters. The van der Waals surface area contributed by atoms with Crippen molar-refractivity contribution in [3.05, 3.63) is 68.0 Å². The maximum absolute atomic E-state index is 11.9. The number of phenols is 1. The predicted molar refractivity (Wildman–Crippen MR) is 105 cm³/mol. The summed E-state index contributed by atoms with van der Waals surface area (Å²) in [4.78, 5) is 11.9. The molecule has 3 rings (SSSR count). The van der Waals surface area contributed by atoms with Gasteiger partial charge in [-0.25, -0.2) is 4.79 Å². The monoisotopic (exact) mass is 417 g/mol. The van der Waals surface area contributed by atoms with Gasteiger partial charge in [-0.3, -0.25) is 0 Å². The van der Waals surface area contributed by atoms with Crippen LogP contribution in [0.5, 0.6) is 11.5 Å². The van der Waals surface area contributed by atoms with Gasteiger partial charge < -0.3 is 19.6 Å². The fraction of sp³-hybridized carbons (Fsp3) is 0.250. The van der Waals surface area contributed by atoms with Crippen molar-refractivity contribution >= 4 is 26.9 Å². The summed E-state index contributed by atoms with van der Waals surface area (Å²) in [5.74, 6) is 0.894. The maximum atomic E-state index is 11.9. The molecule has 0 aliphatic heterocycles. The van der Waals surface area contributed by atoms with Gasteiger partial charge in [-0.05, 0) is 65.2 Å². The molecule has 2 aromatic carbocycles. The molecule has 1 aromatic heterocycles. The molecule has 0 radical (unpaired) electrons. The van der Waals surface area contributed by atoms with Crippen molar-refractivity contribution in [2.24, 2.45) is 0 Å². The highest BCUT2D eigenvalue weighted by atomic mass is 79.9. The largest absolute Gasteiger partial charge is 0.508 e. The van der Waals surface area contributed by atoms with Crippen molar-refractivity contribution in [2.75, 3.05) is 7.11 Å². The summed E-state index contributed by atoms with van der Waals surface area (Å²) in [7, 11) is 1.63. The van der Waals surface area contributed by atoms with Crippen molar-refractivity contribution in [1.82, 2.24) is 5.32 Å². The standard InChI is InChI=1S/C20H20BrNO4/c1-11-17(23)6-5-15-14(9-19(24)26-20(11)15)10-22-12(2)13-4-7-18(25-3)16(21)8-13/h4-9,12,22-23H,10H2,1-3H3/t12-/m1/s1. The van der Waals surface area contributed by atoms with Gasteiger partial charge in [0.05, 0.1) is 11.6 Å². The van der Waals surface area contributed by atoms with E-state index in [-0.39, 0.29) is 11.8 Å². The van der Waals surface area contributed by atoms with Crippen LogP contribution in [0.15, 0.2) is 50.1 Å². The highest BCUT2D eigenvalue weighted by molar-refractivity contribution is 9.10. The number of methoxy groups -OCH3 is 1. The molecule has 26 heavy (non-hydrogen) atoms. The number of phenolic OH excluding ortho intramolecular Hbond substituents is 1. The van der Waals surface area contributed by atoms with Crippen LogP contribution < -0.4 is 15.7 Å². The fourth-order valence-electron chi connectivity index (χ4n) is 2.89. The Kier molecular flexibility index (Phi) is 5.34. The van der Waals surface area contributed by atoms with E-state index in [0.29, 0.717) is 17.7 Å². The molecule has 2 N–H and O–H groups in total. The first-order valence-corrected chi connectivity index (χ1v) is 9.02. The highest BCUT2D eigenvalue weighted by Gasteiger charge is 2.13. The van der Waals surface area contributed by atoms with Crippen LogP contribution in [0.3, 0.4) is 0 Å². The van der Waals surface area contributed by atoms with E-state index in [4.69, 9.17) is 9.15 Å². The Morgan fingerprint density at radius 3 is 2.73 bits per heavy atom. The van der Waals surface area contributed by atoms with E-state index < -0.39 is 5.63 Å². The molecule has 1 heterocycles. The third-order valence-electron chi connectivity index (χ3n) is 4.49. The average Bonchev–Trinajstić information content (AvgIpc) is 2.62. The van der Waals surface area contributed by atoms with Gasteiger partial charge in [-0.1, -0.05) is 6.07 Å². The van der Waals surface area contributed by atoms with E-state index in [9.17, 15) is 9.90 Å². The van der Waals surface area contributed by atoms with Crippen LogP contribution in [0.2, 0.25) is 0 Å². The number of aromatic hydroxyl groups is 1. The molecule has 1 atom stereocenters. The predicted octanol–water partition coefficient (Wildman–Crippen LogP) is 4.43. The van der Waals surface area contributed by atoms with E-state index in [1.807, 2.05) is 18.2 Å². The molecule has 3 aromatic rings. The Hall–Kier alpha value is -2.31. The third kappa shape index (κ3) is 3.61. The van der Waals surface area contributed by atoms with Gasteiger partial charge in [0.15, 0.2) is 0 Å². The van der Waals surface area contributed by atoms with Crippen molar-refractivity contribution in [3.8, 4) is 11.5 Å². The van der Waals surface area contributed by atoms with E-state index in [1.165, 1.54) is 6.07 Å². The molecule has 0 spiro atoms. The van der Waals surface area contributed by atoms with Crippen LogP contribution in [0, 0.1) is 6.92 Å². The zero-order chi connectivity index (χ0) is 18.8. The number of aryl methyl sites for hydroxylation is 1. The first-order chi connectivity index (χ1) is 12.4. The lowest BCUT2D eigenvalue weighted by molar-refractivity contribution is 0.411. The van der Waals surface area contributed by atoms with Gasteiger partial charge in [0.1, 0.15) is 17.1 Å². The lowest BCUT2D eigenvalue weighted by Gasteiger charge is -2.16. The number of nitrogens with one attached hydrogen (secondary N) is 1. The molecular formula is C20H20BrNO4. The van der Waals surface area contributed by atoms with Crippen LogP contribution in [0.1, 0.15) is 29.7 Å². The van der Waals surface area contributed by atoms with Gasteiger partial charge in [0.2, 0.25) is 0 Å². The van der Waals surface area contributed by atoms with Crippen LogP contribution in [-0.2, 0) is 6.54 Å². The molecule has 0 aliphatic rings. The summed E-state index contributed by atoms with van der Waals surface area (Å²) in [5, 5.41) is 14.1. The molecule has 0 amide bonds. The lowest BCUT2D eigenvalue weighted by atomic mass is 10.0. The lowest BCUT2D eigenvalue weighted by Crippen LogP contribution is -2.19. The zero-order valence-electron chi connectivity index (χ0n) is 14.8. The van der Waals surface area contributed by atoms with Gasteiger partial charge >= 0.3 is 5.63 Å². The number of fused-ring (bicyclic) bond motifs is 1. The molecule has 136 valence electrons. The smallest absolute Gasteiger partial charge is 0.336 e. The molecule has 0 fully saturated rings. The molecule has 0 aliphatic carbocycles. The molecule has 0 saturated heterocycles. The second-order valence-electron chi connectivity index (χ2n) is 6.17. The highest BCUT2D eigenvalue weighted by Crippen LogP contribution is 2.29. The summed E-state index contributed by atoms with van der Waals surface area (Å²) in [6.07, 6.45) is 0. The number of halogens is 1. The maximum Gasteiger partial charge on any atom is 0.336 e. The Labute approximate surface area is 159 Å². The second-order valence-corrected chi connectivity index (χ2v) is 7.03. The number of ether oxygens (including phenoxy) is 1. The van der Waals surface area contributed by atoms with E-state index >= 15 is 0 Å². The number of hydrogen-bond acceptors (Lipinski definition) is 5. The Balaban J connectivity index is 1.86. The van der Waals surface area contributed by atoms with Crippen molar-refractivity contribution in [2.45, 2.75) is 26.4 Å². The van der Waals surface area contributed by atoms with Crippen LogP contribution in [0.25, 0.3) is 11.0 Å². The van der Waals surface area contributed by atoms with Gasteiger partial charge in [0.25, 0.3) is 0 Å². The molecular weight excluding hydrogens is 398 g/mol. The van der Waals surface area contributed by atoms with Crippen molar-refractivity contribution in [1.29, 1.82) is 0 Å². The van der Waals surface area contributed by atoms with Gasteiger partial charge in [-0.2, -0.15) is 0 Å². The molecule has 6 heteroatoms. The van der Waals surface area contributed by atoms with Crippen molar-refractivity contribution in [3.63, 3.8) is 0 Å². The Bertz CT molecular complexity index is 1010.